The average molecular weight is 517 g/mol. The van der Waals surface area contributed by atoms with Gasteiger partial charge in [0.05, 0.1) is 30.2 Å². The Morgan fingerprint density at radius 1 is 1.16 bits per heavy atom. The zero-order chi connectivity index (χ0) is 26.0. The summed E-state index contributed by atoms with van der Waals surface area (Å²) >= 11 is 0. The normalized spacial score (nSPS) is 15.4. The molecule has 0 N–H and O–H groups in total. The van der Waals surface area contributed by atoms with E-state index in [0.29, 0.717) is 25.1 Å². The molecule has 1 aliphatic heterocycles. The number of halogens is 1. The number of nitriles is 1. The van der Waals surface area contributed by atoms with Crippen molar-refractivity contribution in [1.29, 1.82) is 5.26 Å². The average Bonchev–Trinajstić information content (AvgIpc) is 3.32. The quantitative estimate of drug-likeness (QED) is 0.372. The van der Waals surface area contributed by atoms with Gasteiger partial charge in [-0.3, -0.25) is 0 Å². The number of fused-ring (bicyclic) bond motifs is 1. The molecule has 0 fully saturated rings. The minimum Gasteiger partial charge on any atom is -0.364 e. The highest BCUT2D eigenvalue weighted by molar-refractivity contribution is 7.89. The van der Waals surface area contributed by atoms with Gasteiger partial charge in [0, 0.05) is 49.8 Å². The molecule has 3 heterocycles. The fourth-order valence-corrected chi connectivity index (χ4v) is 6.23. The first-order valence-corrected chi connectivity index (χ1v) is 13.2. The number of benzene rings is 2. The van der Waals surface area contributed by atoms with Crippen LogP contribution < -0.4 is 4.90 Å². The molecule has 188 valence electrons. The lowest BCUT2D eigenvalue weighted by molar-refractivity contribution is 0.298. The number of rotatable bonds is 7. The van der Waals surface area contributed by atoms with Crippen LogP contribution in [0.2, 0.25) is 0 Å². The summed E-state index contributed by atoms with van der Waals surface area (Å²) in [6.07, 6.45) is 5.28. The molecule has 0 spiro atoms. The Kier molecular flexibility index (Phi) is 6.74. The molecular weight excluding hydrogens is 491 g/mol. The van der Waals surface area contributed by atoms with Crippen molar-refractivity contribution in [3.05, 3.63) is 108 Å². The minimum absolute atomic E-state index is 0.0962. The van der Waals surface area contributed by atoms with Gasteiger partial charge in [-0.05, 0) is 48.4 Å². The maximum absolute atomic E-state index is 14.7. The predicted molar refractivity (Wildman–Crippen MR) is 136 cm³/mol. The molecule has 5 rings (SSSR count). The van der Waals surface area contributed by atoms with E-state index in [1.165, 1.54) is 22.6 Å². The van der Waals surface area contributed by atoms with Crippen LogP contribution >= 0.6 is 0 Å². The van der Waals surface area contributed by atoms with Crippen molar-refractivity contribution in [2.24, 2.45) is 7.05 Å². The number of aromatic nitrogens is 3. The van der Waals surface area contributed by atoms with Gasteiger partial charge in [-0.2, -0.15) is 9.57 Å². The number of nitrogens with zero attached hydrogens (tertiary/aromatic N) is 6. The van der Waals surface area contributed by atoms with E-state index in [1.54, 1.807) is 55.0 Å². The van der Waals surface area contributed by atoms with Crippen molar-refractivity contribution in [3.63, 3.8) is 0 Å². The molecule has 0 amide bonds. The van der Waals surface area contributed by atoms with Gasteiger partial charge in [0.15, 0.2) is 5.03 Å². The molecule has 0 radical (unpaired) electrons. The SMILES string of the molecule is Cn1cncc1CN1CC(N(Cc2ccccc2F)S(=O)(=O)c2ccccn2)Cc2cc(C#N)ccc21. The summed E-state index contributed by atoms with van der Waals surface area (Å²) in [6.45, 7) is 0.705. The van der Waals surface area contributed by atoms with Crippen LogP contribution in [-0.4, -0.2) is 39.8 Å². The lowest BCUT2D eigenvalue weighted by atomic mass is 9.95. The van der Waals surface area contributed by atoms with Crippen LogP contribution in [0.5, 0.6) is 0 Å². The van der Waals surface area contributed by atoms with Crippen LogP contribution in [0.4, 0.5) is 10.1 Å². The summed E-state index contributed by atoms with van der Waals surface area (Å²) in [4.78, 5) is 10.4. The highest BCUT2D eigenvalue weighted by Crippen LogP contribution is 2.34. The topological polar surface area (TPSA) is 95.1 Å². The fraction of sp³-hybridized carbons (Fsp3) is 0.222. The van der Waals surface area contributed by atoms with E-state index in [0.717, 1.165) is 16.9 Å². The predicted octanol–water partition coefficient (Wildman–Crippen LogP) is 3.65. The first kappa shape index (κ1) is 24.6. The Balaban J connectivity index is 1.59. The van der Waals surface area contributed by atoms with Crippen molar-refractivity contribution in [3.8, 4) is 6.07 Å². The maximum Gasteiger partial charge on any atom is 0.261 e. The van der Waals surface area contributed by atoms with Gasteiger partial charge in [-0.25, -0.2) is 22.8 Å². The molecule has 37 heavy (non-hydrogen) atoms. The minimum atomic E-state index is -4.08. The number of anilines is 1. The van der Waals surface area contributed by atoms with E-state index >= 15 is 0 Å². The molecule has 0 bridgehead atoms. The lowest BCUT2D eigenvalue weighted by Crippen LogP contribution is -2.50. The second kappa shape index (κ2) is 10.1. The largest absolute Gasteiger partial charge is 0.364 e. The van der Waals surface area contributed by atoms with Gasteiger partial charge in [0.1, 0.15) is 5.82 Å². The number of hydrogen-bond acceptors (Lipinski definition) is 6. The molecule has 2 aromatic heterocycles. The third kappa shape index (κ3) is 4.96. The summed E-state index contributed by atoms with van der Waals surface area (Å²) in [5, 5.41) is 9.40. The first-order chi connectivity index (χ1) is 17.9. The summed E-state index contributed by atoms with van der Waals surface area (Å²) in [6, 6.07) is 18.0. The van der Waals surface area contributed by atoms with Crippen molar-refractivity contribution in [1.82, 2.24) is 18.8 Å². The lowest BCUT2D eigenvalue weighted by Gasteiger charge is -2.40. The molecular formula is C27H25FN6O2S. The Labute approximate surface area is 215 Å². The third-order valence-electron chi connectivity index (χ3n) is 6.61. The van der Waals surface area contributed by atoms with Crippen LogP contribution in [-0.2, 0) is 36.6 Å². The first-order valence-electron chi connectivity index (χ1n) is 11.8. The van der Waals surface area contributed by atoms with Crippen LogP contribution in [0.3, 0.4) is 0 Å². The second-order valence-corrected chi connectivity index (χ2v) is 10.8. The molecule has 8 nitrogen and oxygen atoms in total. The van der Waals surface area contributed by atoms with Crippen molar-refractivity contribution in [2.75, 3.05) is 11.4 Å². The van der Waals surface area contributed by atoms with Gasteiger partial charge in [0.2, 0.25) is 0 Å². The Morgan fingerprint density at radius 2 is 1.97 bits per heavy atom. The Morgan fingerprint density at radius 3 is 2.68 bits per heavy atom. The van der Waals surface area contributed by atoms with Crippen molar-refractivity contribution < 1.29 is 12.8 Å². The van der Waals surface area contributed by atoms with Gasteiger partial charge < -0.3 is 9.47 Å². The molecule has 0 saturated carbocycles. The van der Waals surface area contributed by atoms with Gasteiger partial charge >= 0.3 is 0 Å². The smallest absolute Gasteiger partial charge is 0.261 e. The molecule has 1 aliphatic rings. The Hall–Kier alpha value is -4.07. The van der Waals surface area contributed by atoms with Crippen molar-refractivity contribution in [2.45, 2.75) is 30.6 Å². The fourth-order valence-electron chi connectivity index (χ4n) is 4.70. The van der Waals surface area contributed by atoms with Crippen molar-refractivity contribution >= 4 is 15.7 Å². The summed E-state index contributed by atoms with van der Waals surface area (Å²) in [5.74, 6) is -0.474. The molecule has 1 unspecified atom stereocenters. The number of sulfonamides is 1. The van der Waals surface area contributed by atoms with E-state index < -0.39 is 21.9 Å². The van der Waals surface area contributed by atoms with Crippen LogP contribution in [0.25, 0.3) is 0 Å². The third-order valence-corrected chi connectivity index (χ3v) is 8.42. The van der Waals surface area contributed by atoms with Gasteiger partial charge in [0.25, 0.3) is 10.0 Å². The van der Waals surface area contributed by atoms with E-state index in [-0.39, 0.29) is 17.1 Å². The number of hydrogen-bond donors (Lipinski definition) is 0. The van der Waals surface area contributed by atoms with Crippen LogP contribution in [0, 0.1) is 17.1 Å². The number of pyridine rings is 1. The zero-order valence-corrected chi connectivity index (χ0v) is 21.0. The molecule has 1 atom stereocenters. The maximum atomic E-state index is 14.7. The van der Waals surface area contributed by atoms with E-state index in [4.69, 9.17) is 0 Å². The summed E-state index contributed by atoms with van der Waals surface area (Å²) in [7, 11) is -2.18. The second-order valence-electron chi connectivity index (χ2n) is 9.00. The summed E-state index contributed by atoms with van der Waals surface area (Å²) in [5.41, 5.74) is 3.50. The standard InChI is InChI=1S/C27H25FN6O2S/c1-32-19-30-15-24(32)18-33-17-23(13-22-12-20(14-29)9-10-26(22)33)34(16-21-6-2-3-7-25(21)28)37(35,36)27-8-4-5-11-31-27/h2-12,15,19,23H,13,16-18H2,1H3. The van der Waals surface area contributed by atoms with Crippen LogP contribution in [0.1, 0.15) is 22.4 Å². The van der Waals surface area contributed by atoms with Gasteiger partial charge in [-0.1, -0.05) is 24.3 Å². The Bertz CT molecular complexity index is 1570. The number of aryl methyl sites for hydroxylation is 1. The highest BCUT2D eigenvalue weighted by Gasteiger charge is 2.37. The molecule has 0 saturated heterocycles. The molecule has 10 heteroatoms. The monoisotopic (exact) mass is 516 g/mol. The van der Waals surface area contributed by atoms with E-state index in [9.17, 15) is 18.1 Å². The zero-order valence-electron chi connectivity index (χ0n) is 20.2. The molecule has 4 aromatic rings. The van der Waals surface area contributed by atoms with Crippen LogP contribution in [0.15, 0.2) is 84.4 Å². The number of imidazole rings is 1. The molecule has 0 aliphatic carbocycles. The van der Waals surface area contributed by atoms with Gasteiger partial charge in [-0.15, -0.1) is 0 Å². The van der Waals surface area contributed by atoms with E-state index in [1.807, 2.05) is 17.7 Å². The van der Waals surface area contributed by atoms with E-state index in [2.05, 4.69) is 20.9 Å². The summed E-state index contributed by atoms with van der Waals surface area (Å²) < 4.78 is 45.8. The molecule has 2 aromatic carbocycles. The highest BCUT2D eigenvalue weighted by atomic mass is 32.2.